The van der Waals surface area contributed by atoms with Gasteiger partial charge in [-0.3, -0.25) is 4.79 Å². The van der Waals surface area contributed by atoms with Gasteiger partial charge in [0.1, 0.15) is 5.75 Å². The second kappa shape index (κ2) is 9.06. The molecule has 0 spiro atoms. The van der Waals surface area contributed by atoms with E-state index in [0.717, 1.165) is 16.3 Å². The Morgan fingerprint density at radius 1 is 1.10 bits per heavy atom. The van der Waals surface area contributed by atoms with E-state index >= 15 is 0 Å². The molecule has 1 saturated heterocycles. The van der Waals surface area contributed by atoms with Crippen LogP contribution in [0.4, 0.5) is 11.4 Å². The molecule has 0 aliphatic carbocycles. The van der Waals surface area contributed by atoms with Gasteiger partial charge in [0.25, 0.3) is 0 Å². The first kappa shape index (κ1) is 21.5. The lowest BCUT2D eigenvalue weighted by atomic mass is 10.2. The maximum Gasteiger partial charge on any atom is 0.243 e. The average molecular weight is 436 g/mol. The Kier molecular flexibility index (Phi) is 6.71. The molecule has 1 fully saturated rings. The molecule has 2 aromatic carbocycles. The number of nitrogens with zero attached hydrogens (tertiary/aromatic N) is 2. The van der Waals surface area contributed by atoms with Crippen LogP contribution in [0.2, 0.25) is 0 Å². The zero-order valence-electron chi connectivity index (χ0n) is 16.7. The summed E-state index contributed by atoms with van der Waals surface area (Å²) in [6, 6.07) is 12.6. The molecule has 2 aromatic rings. The zero-order chi connectivity index (χ0) is 21.0. The van der Waals surface area contributed by atoms with E-state index < -0.39 is 10.0 Å². The van der Waals surface area contributed by atoms with Crippen LogP contribution >= 0.6 is 11.8 Å². The monoisotopic (exact) mass is 435 g/mol. The average Bonchev–Trinajstić information content (AvgIpc) is 2.73. The third-order valence-electron chi connectivity index (χ3n) is 4.78. The van der Waals surface area contributed by atoms with E-state index in [4.69, 9.17) is 4.74 Å². The molecular formula is C20H25N3O4S2. The number of benzene rings is 2. The number of piperazine rings is 1. The Hall–Kier alpha value is -2.23. The number of rotatable bonds is 6. The molecule has 0 aromatic heterocycles. The van der Waals surface area contributed by atoms with Crippen LogP contribution in [0, 0.1) is 0 Å². The number of para-hydroxylation sites is 2. The van der Waals surface area contributed by atoms with E-state index in [1.165, 1.54) is 29.1 Å². The van der Waals surface area contributed by atoms with Crippen LogP contribution in [0.1, 0.15) is 6.92 Å². The van der Waals surface area contributed by atoms with Crippen LogP contribution in [0.25, 0.3) is 0 Å². The maximum atomic E-state index is 13.2. The number of hydrogen-bond acceptors (Lipinski definition) is 6. The molecular weight excluding hydrogens is 410 g/mol. The molecule has 1 N–H and O–H groups in total. The molecule has 1 amide bonds. The van der Waals surface area contributed by atoms with Crippen molar-refractivity contribution < 1.29 is 17.9 Å². The molecule has 1 aliphatic rings. The van der Waals surface area contributed by atoms with E-state index in [2.05, 4.69) is 10.2 Å². The minimum atomic E-state index is -3.65. The molecule has 29 heavy (non-hydrogen) atoms. The summed E-state index contributed by atoms with van der Waals surface area (Å²) in [5.41, 5.74) is 1.48. The number of nitrogens with one attached hydrogen (secondary N) is 1. The van der Waals surface area contributed by atoms with Crippen molar-refractivity contribution in [3.63, 3.8) is 0 Å². The summed E-state index contributed by atoms with van der Waals surface area (Å²) >= 11 is 1.45. The molecule has 1 heterocycles. The molecule has 0 atom stereocenters. The SMILES string of the molecule is COc1ccccc1N1CCN(S(=O)(=O)c2ccc(SC)c(NC(C)=O)c2)CC1. The largest absolute Gasteiger partial charge is 0.495 e. The lowest BCUT2D eigenvalue weighted by Gasteiger charge is -2.36. The normalized spacial score (nSPS) is 15.2. The van der Waals surface area contributed by atoms with Crippen molar-refractivity contribution in [1.82, 2.24) is 4.31 Å². The van der Waals surface area contributed by atoms with E-state index in [1.54, 1.807) is 19.2 Å². The summed E-state index contributed by atoms with van der Waals surface area (Å²) < 4.78 is 33.2. The van der Waals surface area contributed by atoms with E-state index in [-0.39, 0.29) is 10.8 Å². The van der Waals surface area contributed by atoms with Crippen LogP contribution in [-0.4, -0.2) is 58.2 Å². The molecule has 7 nitrogen and oxygen atoms in total. The highest BCUT2D eigenvalue weighted by molar-refractivity contribution is 7.98. The first-order chi connectivity index (χ1) is 13.9. The fraction of sp³-hybridized carbons (Fsp3) is 0.350. The highest BCUT2D eigenvalue weighted by atomic mass is 32.2. The Labute approximate surface area is 176 Å². The van der Waals surface area contributed by atoms with Crippen LogP contribution in [0.15, 0.2) is 52.3 Å². The second-order valence-electron chi connectivity index (χ2n) is 6.61. The van der Waals surface area contributed by atoms with Crippen molar-refractivity contribution in [3.05, 3.63) is 42.5 Å². The Morgan fingerprint density at radius 2 is 1.79 bits per heavy atom. The molecule has 0 unspecified atom stereocenters. The predicted octanol–water partition coefficient (Wildman–Crippen LogP) is 2.89. The quantitative estimate of drug-likeness (QED) is 0.703. The summed E-state index contributed by atoms with van der Waals surface area (Å²) in [4.78, 5) is 14.6. The molecule has 0 bridgehead atoms. The Morgan fingerprint density at radius 3 is 2.41 bits per heavy atom. The number of ether oxygens (including phenoxy) is 1. The third kappa shape index (κ3) is 4.68. The lowest BCUT2D eigenvalue weighted by molar-refractivity contribution is -0.114. The number of amides is 1. The summed E-state index contributed by atoms with van der Waals surface area (Å²) in [5, 5.41) is 2.72. The number of hydrogen-bond donors (Lipinski definition) is 1. The number of thioether (sulfide) groups is 1. The molecule has 9 heteroatoms. The molecule has 1 aliphatic heterocycles. The van der Waals surface area contributed by atoms with Gasteiger partial charge in [-0.25, -0.2) is 8.42 Å². The Bertz CT molecular complexity index is 987. The molecule has 0 radical (unpaired) electrons. The van der Waals surface area contributed by atoms with E-state index in [1.807, 2.05) is 30.5 Å². The fourth-order valence-electron chi connectivity index (χ4n) is 3.34. The van der Waals surface area contributed by atoms with Gasteiger partial charge in [-0.1, -0.05) is 12.1 Å². The molecule has 3 rings (SSSR count). The second-order valence-corrected chi connectivity index (χ2v) is 9.39. The predicted molar refractivity (Wildman–Crippen MR) is 116 cm³/mol. The minimum Gasteiger partial charge on any atom is -0.495 e. The van der Waals surface area contributed by atoms with Crippen molar-refractivity contribution in [3.8, 4) is 5.75 Å². The summed E-state index contributed by atoms with van der Waals surface area (Å²) in [6.07, 6.45) is 1.88. The van der Waals surface area contributed by atoms with Crippen LogP contribution in [0.3, 0.4) is 0 Å². The minimum absolute atomic E-state index is 0.185. The van der Waals surface area contributed by atoms with Gasteiger partial charge in [-0.05, 0) is 36.6 Å². The van der Waals surface area contributed by atoms with Crippen LogP contribution in [0.5, 0.6) is 5.75 Å². The topological polar surface area (TPSA) is 79.0 Å². The zero-order valence-corrected chi connectivity index (χ0v) is 18.3. The lowest BCUT2D eigenvalue weighted by Crippen LogP contribution is -2.48. The molecule has 156 valence electrons. The van der Waals surface area contributed by atoms with Crippen molar-refractivity contribution >= 4 is 39.1 Å². The summed E-state index contributed by atoms with van der Waals surface area (Å²) in [7, 11) is -2.02. The summed E-state index contributed by atoms with van der Waals surface area (Å²) in [6.45, 7) is 3.30. The number of carbonyl (C=O) groups is 1. The summed E-state index contributed by atoms with van der Waals surface area (Å²) in [5.74, 6) is 0.539. The first-order valence-corrected chi connectivity index (χ1v) is 11.9. The van der Waals surface area contributed by atoms with Gasteiger partial charge in [0.05, 0.1) is 23.4 Å². The standard InChI is InChI=1S/C20H25N3O4S2/c1-15(24)21-17-14-16(8-9-20(17)28-3)29(25,26)23-12-10-22(11-13-23)18-6-4-5-7-19(18)27-2/h4-9,14H,10-13H2,1-3H3,(H,21,24). The smallest absolute Gasteiger partial charge is 0.243 e. The number of anilines is 2. The molecule has 0 saturated carbocycles. The van der Waals surface area contributed by atoms with Gasteiger partial charge in [0.2, 0.25) is 15.9 Å². The van der Waals surface area contributed by atoms with Gasteiger partial charge in [-0.2, -0.15) is 4.31 Å². The van der Waals surface area contributed by atoms with Crippen molar-refractivity contribution in [2.75, 3.05) is 49.8 Å². The third-order valence-corrected chi connectivity index (χ3v) is 7.47. The maximum absolute atomic E-state index is 13.2. The first-order valence-electron chi connectivity index (χ1n) is 9.20. The van der Waals surface area contributed by atoms with E-state index in [0.29, 0.717) is 31.9 Å². The van der Waals surface area contributed by atoms with Gasteiger partial charge >= 0.3 is 0 Å². The van der Waals surface area contributed by atoms with Gasteiger partial charge in [0.15, 0.2) is 0 Å². The highest BCUT2D eigenvalue weighted by Gasteiger charge is 2.30. The van der Waals surface area contributed by atoms with Gasteiger partial charge in [0, 0.05) is 38.0 Å². The van der Waals surface area contributed by atoms with Crippen molar-refractivity contribution in [1.29, 1.82) is 0 Å². The van der Waals surface area contributed by atoms with Crippen molar-refractivity contribution in [2.45, 2.75) is 16.7 Å². The van der Waals surface area contributed by atoms with Crippen LogP contribution in [-0.2, 0) is 14.8 Å². The number of methoxy groups -OCH3 is 1. The number of sulfonamides is 1. The Balaban J connectivity index is 1.79. The fourth-order valence-corrected chi connectivity index (χ4v) is 5.33. The van der Waals surface area contributed by atoms with Gasteiger partial charge in [-0.15, -0.1) is 11.8 Å². The highest BCUT2D eigenvalue weighted by Crippen LogP contribution is 2.31. The van der Waals surface area contributed by atoms with Gasteiger partial charge < -0.3 is 15.0 Å². The van der Waals surface area contributed by atoms with E-state index in [9.17, 15) is 13.2 Å². The van der Waals surface area contributed by atoms with Crippen molar-refractivity contribution in [2.24, 2.45) is 0 Å². The number of carbonyl (C=O) groups excluding carboxylic acids is 1. The van der Waals surface area contributed by atoms with Crippen LogP contribution < -0.4 is 15.0 Å².